The Morgan fingerprint density at radius 1 is 0.862 bits per heavy atom. The maximum atomic E-state index is 12.2. The van der Waals surface area contributed by atoms with Crippen molar-refractivity contribution in [2.75, 3.05) is 26.8 Å². The Morgan fingerprint density at radius 3 is 2.07 bits per heavy atom. The minimum atomic E-state index is -0.180. The fraction of sp³-hybridized carbons (Fsp3) is 0.391. The highest BCUT2D eigenvalue weighted by molar-refractivity contribution is 5.94. The van der Waals surface area contributed by atoms with Crippen LogP contribution in [0.4, 0.5) is 0 Å². The first-order chi connectivity index (χ1) is 13.8. The van der Waals surface area contributed by atoms with Gasteiger partial charge in [-0.15, -0.1) is 0 Å². The molecular formula is C23H30N2O4. The first-order valence-electron chi connectivity index (χ1n) is 9.72. The van der Waals surface area contributed by atoms with Gasteiger partial charge in [0.15, 0.2) is 0 Å². The Kier molecular flexibility index (Phi) is 8.07. The molecule has 2 aromatic rings. The minimum absolute atomic E-state index is 0.0458. The molecule has 0 aliphatic rings. The van der Waals surface area contributed by atoms with Gasteiger partial charge in [0.2, 0.25) is 5.91 Å². The Labute approximate surface area is 172 Å². The lowest BCUT2D eigenvalue weighted by molar-refractivity contribution is -0.121. The maximum absolute atomic E-state index is 12.2. The summed E-state index contributed by atoms with van der Waals surface area (Å²) < 4.78 is 10.6. The van der Waals surface area contributed by atoms with Gasteiger partial charge in [-0.1, -0.05) is 32.9 Å². The van der Waals surface area contributed by atoms with Crippen molar-refractivity contribution in [1.29, 1.82) is 0 Å². The van der Waals surface area contributed by atoms with Crippen molar-refractivity contribution in [2.24, 2.45) is 0 Å². The topological polar surface area (TPSA) is 76.7 Å². The Morgan fingerprint density at radius 2 is 1.48 bits per heavy atom. The normalized spacial score (nSPS) is 10.9. The summed E-state index contributed by atoms with van der Waals surface area (Å²) in [6.45, 7) is 7.43. The highest BCUT2D eigenvalue weighted by Gasteiger charge is 2.14. The standard InChI is InChI=1S/C23H30N2O4/c1-23(2,3)18-7-5-17(6-8-18)22(27)25-14-13-21(26)24-15-16-29-20-11-9-19(28-4)10-12-20/h5-12H,13-16H2,1-4H3,(H,24,26)(H,25,27). The van der Waals surface area contributed by atoms with E-state index in [1.54, 1.807) is 7.11 Å². The molecule has 2 amide bonds. The third kappa shape index (κ3) is 7.49. The molecule has 0 saturated heterocycles. The molecule has 6 nitrogen and oxygen atoms in total. The number of hydrogen-bond donors (Lipinski definition) is 2. The number of ether oxygens (including phenoxy) is 2. The van der Waals surface area contributed by atoms with Gasteiger partial charge in [0.05, 0.1) is 13.7 Å². The largest absolute Gasteiger partial charge is 0.497 e. The van der Waals surface area contributed by atoms with E-state index in [2.05, 4.69) is 31.4 Å². The first-order valence-corrected chi connectivity index (χ1v) is 9.72. The van der Waals surface area contributed by atoms with Gasteiger partial charge in [-0.2, -0.15) is 0 Å². The number of amides is 2. The second-order valence-electron chi connectivity index (χ2n) is 7.71. The molecular weight excluding hydrogens is 368 g/mol. The van der Waals surface area contributed by atoms with Crippen LogP contribution < -0.4 is 20.1 Å². The highest BCUT2D eigenvalue weighted by Crippen LogP contribution is 2.22. The van der Waals surface area contributed by atoms with Crippen LogP contribution in [0.5, 0.6) is 11.5 Å². The maximum Gasteiger partial charge on any atom is 0.251 e. The first kappa shape index (κ1) is 22.3. The third-order valence-corrected chi connectivity index (χ3v) is 4.40. The number of carbonyl (C=O) groups excluding carboxylic acids is 2. The van der Waals surface area contributed by atoms with Gasteiger partial charge in [0.25, 0.3) is 5.91 Å². The molecule has 0 radical (unpaired) electrons. The van der Waals surface area contributed by atoms with Crippen LogP contribution in [0.15, 0.2) is 48.5 Å². The number of benzene rings is 2. The van der Waals surface area contributed by atoms with Crippen molar-refractivity contribution < 1.29 is 19.1 Å². The second kappa shape index (κ2) is 10.5. The predicted molar refractivity (Wildman–Crippen MR) is 114 cm³/mol. The van der Waals surface area contributed by atoms with Gasteiger partial charge in [-0.3, -0.25) is 9.59 Å². The van der Waals surface area contributed by atoms with E-state index in [0.717, 1.165) is 5.75 Å². The summed E-state index contributed by atoms with van der Waals surface area (Å²) in [7, 11) is 1.61. The SMILES string of the molecule is COc1ccc(OCCNC(=O)CCNC(=O)c2ccc(C(C)(C)C)cc2)cc1. The van der Waals surface area contributed by atoms with Crippen LogP contribution in [0.2, 0.25) is 0 Å². The van der Waals surface area contributed by atoms with Crippen LogP contribution in [0, 0.1) is 0 Å². The van der Waals surface area contributed by atoms with Gasteiger partial charge in [-0.25, -0.2) is 0 Å². The Bertz CT molecular complexity index is 793. The van der Waals surface area contributed by atoms with E-state index in [1.807, 2.05) is 48.5 Å². The summed E-state index contributed by atoms with van der Waals surface area (Å²) >= 11 is 0. The summed E-state index contributed by atoms with van der Waals surface area (Å²) in [5.74, 6) is 1.16. The summed E-state index contributed by atoms with van der Waals surface area (Å²) in [5.41, 5.74) is 1.81. The predicted octanol–water partition coefficient (Wildman–Crippen LogP) is 3.31. The molecule has 0 aromatic heterocycles. The van der Waals surface area contributed by atoms with E-state index in [1.165, 1.54) is 5.56 Å². The van der Waals surface area contributed by atoms with Crippen LogP contribution in [0.3, 0.4) is 0 Å². The smallest absolute Gasteiger partial charge is 0.251 e. The summed E-state index contributed by atoms with van der Waals surface area (Å²) in [6.07, 6.45) is 0.217. The van der Waals surface area contributed by atoms with E-state index < -0.39 is 0 Å². The van der Waals surface area contributed by atoms with Gasteiger partial charge >= 0.3 is 0 Å². The quantitative estimate of drug-likeness (QED) is 0.636. The molecule has 2 rings (SSSR count). The van der Waals surface area contributed by atoms with Crippen LogP contribution in [-0.4, -0.2) is 38.6 Å². The molecule has 156 valence electrons. The highest BCUT2D eigenvalue weighted by atomic mass is 16.5. The summed E-state index contributed by atoms with van der Waals surface area (Å²) in [4.78, 5) is 24.1. The van der Waals surface area contributed by atoms with E-state index in [4.69, 9.17) is 9.47 Å². The number of rotatable bonds is 9. The average molecular weight is 399 g/mol. The lowest BCUT2D eigenvalue weighted by atomic mass is 9.87. The molecule has 0 unspecified atom stereocenters. The van der Waals surface area contributed by atoms with E-state index in [-0.39, 0.29) is 30.2 Å². The zero-order chi connectivity index (χ0) is 21.3. The van der Waals surface area contributed by atoms with Crippen LogP contribution >= 0.6 is 0 Å². The zero-order valence-electron chi connectivity index (χ0n) is 17.6. The fourth-order valence-electron chi connectivity index (χ4n) is 2.63. The minimum Gasteiger partial charge on any atom is -0.497 e. The summed E-state index contributed by atoms with van der Waals surface area (Å²) in [6, 6.07) is 14.8. The molecule has 0 saturated carbocycles. The van der Waals surface area contributed by atoms with E-state index in [9.17, 15) is 9.59 Å². The number of carbonyl (C=O) groups is 2. The lowest BCUT2D eigenvalue weighted by Gasteiger charge is -2.19. The molecule has 6 heteroatoms. The number of nitrogens with one attached hydrogen (secondary N) is 2. The van der Waals surface area contributed by atoms with Crippen molar-refractivity contribution in [3.63, 3.8) is 0 Å². The Balaban J connectivity index is 1.63. The second-order valence-corrected chi connectivity index (χ2v) is 7.71. The molecule has 2 N–H and O–H groups in total. The lowest BCUT2D eigenvalue weighted by Crippen LogP contribution is -2.32. The number of hydrogen-bond acceptors (Lipinski definition) is 4. The molecule has 0 fully saturated rings. The van der Waals surface area contributed by atoms with Crippen molar-refractivity contribution in [1.82, 2.24) is 10.6 Å². The molecule has 0 aliphatic carbocycles. The molecule has 0 bridgehead atoms. The van der Waals surface area contributed by atoms with Crippen LogP contribution in [0.25, 0.3) is 0 Å². The number of methoxy groups -OCH3 is 1. The van der Waals surface area contributed by atoms with Crippen molar-refractivity contribution in [3.05, 3.63) is 59.7 Å². The summed E-state index contributed by atoms with van der Waals surface area (Å²) in [5, 5.41) is 5.55. The molecule has 2 aromatic carbocycles. The van der Waals surface area contributed by atoms with Crippen molar-refractivity contribution in [3.8, 4) is 11.5 Å². The van der Waals surface area contributed by atoms with Gasteiger partial charge < -0.3 is 20.1 Å². The van der Waals surface area contributed by atoms with Gasteiger partial charge in [0.1, 0.15) is 18.1 Å². The van der Waals surface area contributed by atoms with Crippen molar-refractivity contribution >= 4 is 11.8 Å². The monoisotopic (exact) mass is 398 g/mol. The molecule has 0 heterocycles. The zero-order valence-corrected chi connectivity index (χ0v) is 17.6. The third-order valence-electron chi connectivity index (χ3n) is 4.40. The molecule has 0 aliphatic heterocycles. The van der Waals surface area contributed by atoms with E-state index in [0.29, 0.717) is 24.5 Å². The molecule has 0 atom stereocenters. The van der Waals surface area contributed by atoms with Crippen LogP contribution in [-0.2, 0) is 10.2 Å². The van der Waals surface area contributed by atoms with Crippen molar-refractivity contribution in [2.45, 2.75) is 32.6 Å². The van der Waals surface area contributed by atoms with E-state index >= 15 is 0 Å². The fourth-order valence-corrected chi connectivity index (χ4v) is 2.63. The van der Waals surface area contributed by atoms with Gasteiger partial charge in [-0.05, 0) is 47.4 Å². The Hall–Kier alpha value is -3.02. The van der Waals surface area contributed by atoms with Gasteiger partial charge in [0, 0.05) is 18.5 Å². The molecule has 29 heavy (non-hydrogen) atoms. The van der Waals surface area contributed by atoms with Crippen LogP contribution in [0.1, 0.15) is 43.1 Å². The average Bonchev–Trinajstić information content (AvgIpc) is 2.71. The molecule has 0 spiro atoms.